The Bertz CT molecular complexity index is 133. The van der Waals surface area contributed by atoms with E-state index in [0.29, 0.717) is 0 Å². The van der Waals surface area contributed by atoms with E-state index < -0.39 is 0 Å². The molecule has 3 N–H and O–H groups in total. The lowest BCUT2D eigenvalue weighted by molar-refractivity contribution is -0.140. The van der Waals surface area contributed by atoms with Crippen molar-refractivity contribution < 1.29 is 19.3 Å². The van der Waals surface area contributed by atoms with E-state index in [1.165, 1.54) is 7.11 Å². The van der Waals surface area contributed by atoms with E-state index in [9.17, 15) is 4.79 Å². The highest BCUT2D eigenvalue weighted by molar-refractivity contribution is 6.30. The van der Waals surface area contributed by atoms with Gasteiger partial charge in [0.05, 0.1) is 13.8 Å². The molecule has 0 amide bonds. The van der Waals surface area contributed by atoms with Crippen LogP contribution in [0, 0.1) is 0 Å². The second kappa shape index (κ2) is 7.09. The van der Waals surface area contributed by atoms with Crippen LogP contribution in [0.5, 0.6) is 0 Å². The van der Waals surface area contributed by atoms with Gasteiger partial charge in [0.2, 0.25) is 0 Å². The van der Waals surface area contributed by atoms with Crippen molar-refractivity contribution in [3.8, 4) is 0 Å². The number of hydrogen-bond donors (Lipinski definition) is 2. The molecule has 0 aromatic carbocycles. The maximum absolute atomic E-state index is 10.7. The lowest BCUT2D eigenvalue weighted by Gasteiger charge is -2.09. The number of ether oxygens (including phenoxy) is 1. The first-order valence-electron chi connectivity index (χ1n) is 3.70. The highest BCUT2D eigenvalue weighted by Crippen LogP contribution is 2.08. The number of esters is 1. The van der Waals surface area contributed by atoms with Crippen LogP contribution in [0.1, 0.15) is 6.42 Å². The van der Waals surface area contributed by atoms with Crippen LogP contribution in [-0.4, -0.2) is 39.0 Å². The van der Waals surface area contributed by atoms with E-state index in [2.05, 4.69) is 4.74 Å². The quantitative estimate of drug-likeness (QED) is 0.295. The molecule has 0 fully saturated rings. The standard InChI is InChI=1S/C6H14BNO4/c1-11-6(10)2-5(3-9)7-12-4-8/h5,7,9H,2-4,8H2,1H3. The first kappa shape index (κ1) is 11.4. The maximum Gasteiger partial charge on any atom is 0.305 e. The van der Waals surface area contributed by atoms with Crippen molar-refractivity contribution in [2.24, 2.45) is 5.73 Å². The van der Waals surface area contributed by atoms with Gasteiger partial charge in [0.25, 0.3) is 7.48 Å². The zero-order valence-corrected chi connectivity index (χ0v) is 7.16. The molecule has 0 spiro atoms. The summed E-state index contributed by atoms with van der Waals surface area (Å²) in [6, 6.07) is 0. The third kappa shape index (κ3) is 5.12. The summed E-state index contributed by atoms with van der Waals surface area (Å²) < 4.78 is 9.27. The van der Waals surface area contributed by atoms with Crippen LogP contribution in [0.4, 0.5) is 0 Å². The van der Waals surface area contributed by atoms with Gasteiger partial charge in [-0.25, -0.2) is 0 Å². The number of aliphatic hydroxyl groups excluding tert-OH is 1. The lowest BCUT2D eigenvalue weighted by Crippen LogP contribution is -2.19. The molecule has 0 heterocycles. The highest BCUT2D eigenvalue weighted by Gasteiger charge is 2.14. The van der Waals surface area contributed by atoms with E-state index in [1.807, 2.05) is 0 Å². The first-order chi connectivity index (χ1) is 5.74. The molecule has 6 heteroatoms. The molecule has 0 aliphatic carbocycles. The number of carbonyl (C=O) groups is 1. The number of aliphatic hydroxyl groups is 1. The topological polar surface area (TPSA) is 81.8 Å². The molecule has 0 aromatic rings. The predicted octanol–water partition coefficient (Wildman–Crippen LogP) is -1.39. The number of hydrogen-bond acceptors (Lipinski definition) is 5. The minimum Gasteiger partial charge on any atom is -0.469 e. The third-order valence-corrected chi connectivity index (χ3v) is 1.41. The zero-order valence-electron chi connectivity index (χ0n) is 7.16. The molecule has 0 aliphatic rings. The summed E-state index contributed by atoms with van der Waals surface area (Å²) in [4.78, 5) is 10.7. The van der Waals surface area contributed by atoms with Gasteiger partial charge in [0, 0.05) is 13.0 Å². The molecule has 1 unspecified atom stereocenters. The Morgan fingerprint density at radius 1 is 1.75 bits per heavy atom. The molecule has 0 aliphatic heterocycles. The minimum absolute atomic E-state index is 0.0949. The van der Waals surface area contributed by atoms with Gasteiger partial charge < -0.3 is 20.2 Å². The van der Waals surface area contributed by atoms with E-state index >= 15 is 0 Å². The van der Waals surface area contributed by atoms with Gasteiger partial charge in [0.15, 0.2) is 0 Å². The highest BCUT2D eigenvalue weighted by atomic mass is 16.5. The van der Waals surface area contributed by atoms with Crippen LogP contribution in [0.15, 0.2) is 0 Å². The van der Waals surface area contributed by atoms with Crippen molar-refractivity contribution in [2.75, 3.05) is 20.4 Å². The third-order valence-electron chi connectivity index (χ3n) is 1.41. The fraction of sp³-hybridized carbons (Fsp3) is 0.833. The molecular formula is C6H14BNO4. The van der Waals surface area contributed by atoms with Gasteiger partial charge >= 0.3 is 5.97 Å². The summed E-state index contributed by atoms with van der Waals surface area (Å²) in [6.07, 6.45) is 0.160. The monoisotopic (exact) mass is 175 g/mol. The van der Waals surface area contributed by atoms with E-state index in [1.54, 1.807) is 0 Å². The van der Waals surface area contributed by atoms with Gasteiger partial charge in [-0.05, 0) is 5.82 Å². The number of rotatable bonds is 6. The van der Waals surface area contributed by atoms with Gasteiger partial charge in [-0.1, -0.05) is 0 Å². The van der Waals surface area contributed by atoms with Crippen molar-refractivity contribution in [3.63, 3.8) is 0 Å². The van der Waals surface area contributed by atoms with Crippen molar-refractivity contribution in [1.82, 2.24) is 0 Å². The summed E-state index contributed by atoms with van der Waals surface area (Å²) in [5.41, 5.74) is 5.07. The van der Waals surface area contributed by atoms with Crippen molar-refractivity contribution in [3.05, 3.63) is 0 Å². The second-order valence-corrected chi connectivity index (χ2v) is 2.37. The van der Waals surface area contributed by atoms with Crippen LogP contribution in [0.25, 0.3) is 0 Å². The Balaban J connectivity index is 3.59. The van der Waals surface area contributed by atoms with Crippen molar-refractivity contribution in [2.45, 2.75) is 12.2 Å². The molecule has 0 rings (SSSR count). The van der Waals surface area contributed by atoms with Crippen molar-refractivity contribution in [1.29, 1.82) is 0 Å². The molecule has 0 aromatic heterocycles. The Hall–Kier alpha value is -0.585. The number of carbonyl (C=O) groups excluding carboxylic acids is 1. The Kier molecular flexibility index (Phi) is 6.74. The molecule has 0 bridgehead atoms. The maximum atomic E-state index is 10.7. The largest absolute Gasteiger partial charge is 0.469 e. The van der Waals surface area contributed by atoms with Crippen LogP contribution in [0.3, 0.4) is 0 Å². The van der Waals surface area contributed by atoms with E-state index in [4.69, 9.17) is 15.5 Å². The van der Waals surface area contributed by atoms with Crippen LogP contribution in [-0.2, 0) is 14.2 Å². The summed E-state index contributed by atoms with van der Waals surface area (Å²) in [5, 5.41) is 8.77. The van der Waals surface area contributed by atoms with Crippen LogP contribution in [0.2, 0.25) is 5.82 Å². The molecule has 12 heavy (non-hydrogen) atoms. The molecule has 0 saturated carbocycles. The second-order valence-electron chi connectivity index (χ2n) is 2.37. The average molecular weight is 175 g/mol. The number of nitrogens with two attached hydrogens (primary N) is 1. The molecule has 0 radical (unpaired) electrons. The average Bonchev–Trinajstić information content (AvgIpc) is 2.11. The predicted molar refractivity (Wildman–Crippen MR) is 44.8 cm³/mol. The Labute approximate surface area is 72.1 Å². The SMILES string of the molecule is COC(=O)CC(BOCN)CO. The van der Waals surface area contributed by atoms with E-state index in [0.717, 1.165) is 0 Å². The van der Waals surface area contributed by atoms with Crippen LogP contribution >= 0.6 is 0 Å². The molecule has 5 nitrogen and oxygen atoms in total. The molecular weight excluding hydrogens is 161 g/mol. The first-order valence-corrected chi connectivity index (χ1v) is 3.70. The Morgan fingerprint density at radius 3 is 2.83 bits per heavy atom. The summed E-state index contributed by atoms with van der Waals surface area (Å²) in [7, 11) is 1.59. The van der Waals surface area contributed by atoms with Gasteiger partial charge in [-0.2, -0.15) is 0 Å². The molecule has 1 atom stereocenters. The van der Waals surface area contributed by atoms with E-state index in [-0.39, 0.29) is 39.0 Å². The molecule has 70 valence electrons. The zero-order chi connectivity index (χ0) is 9.40. The van der Waals surface area contributed by atoms with Gasteiger partial charge in [0.1, 0.15) is 0 Å². The summed E-state index contributed by atoms with van der Waals surface area (Å²) >= 11 is 0. The Morgan fingerprint density at radius 2 is 2.42 bits per heavy atom. The fourth-order valence-corrected chi connectivity index (χ4v) is 0.730. The lowest BCUT2D eigenvalue weighted by atomic mass is 9.78. The minimum atomic E-state index is -0.352. The summed E-state index contributed by atoms with van der Waals surface area (Å²) in [6.45, 7) is -0.00717. The molecule has 0 saturated heterocycles. The van der Waals surface area contributed by atoms with Gasteiger partial charge in [-0.15, -0.1) is 0 Å². The van der Waals surface area contributed by atoms with Gasteiger partial charge in [-0.3, -0.25) is 4.79 Å². The fourth-order valence-electron chi connectivity index (χ4n) is 0.730. The summed E-state index contributed by atoms with van der Waals surface area (Å²) in [5.74, 6) is -0.573. The smallest absolute Gasteiger partial charge is 0.305 e. The van der Waals surface area contributed by atoms with Crippen LogP contribution < -0.4 is 5.73 Å². The number of methoxy groups -OCH3 is 1. The van der Waals surface area contributed by atoms with Crippen molar-refractivity contribution >= 4 is 13.5 Å². The normalized spacial score (nSPS) is 12.2.